The predicted octanol–water partition coefficient (Wildman–Crippen LogP) is 1.50. The second-order valence-corrected chi connectivity index (χ2v) is 2.03. The van der Waals surface area contributed by atoms with Gasteiger partial charge in [0.2, 0.25) is 0 Å². The molecule has 0 saturated carbocycles. The molecule has 0 aliphatic heterocycles. The summed E-state index contributed by atoms with van der Waals surface area (Å²) in [5.74, 6) is -0.259. The number of nitrogens with one attached hydrogen (secondary N) is 1. The van der Waals surface area contributed by atoms with Crippen molar-refractivity contribution in [2.75, 3.05) is 0 Å². The summed E-state index contributed by atoms with van der Waals surface area (Å²) in [7, 11) is 0. The van der Waals surface area contributed by atoms with Crippen LogP contribution in [0.4, 0.5) is 4.39 Å². The van der Waals surface area contributed by atoms with E-state index in [1.54, 1.807) is 6.07 Å². The van der Waals surface area contributed by atoms with Crippen LogP contribution in [0.2, 0.25) is 0 Å². The number of aromatic amines is 1. The van der Waals surface area contributed by atoms with Crippen molar-refractivity contribution in [1.82, 2.24) is 10.2 Å². The van der Waals surface area contributed by atoms with Crippen LogP contribution in [0.5, 0.6) is 0 Å². The summed E-state index contributed by atoms with van der Waals surface area (Å²) in [4.78, 5) is 0. The number of fused-ring (bicyclic) bond motifs is 1. The minimum absolute atomic E-state index is 0.259. The number of aromatic nitrogens is 2. The van der Waals surface area contributed by atoms with Gasteiger partial charge in [-0.15, -0.1) is 0 Å². The summed E-state index contributed by atoms with van der Waals surface area (Å²) in [6.07, 6.45) is 2.61. The molecule has 0 bridgehead atoms. The summed E-state index contributed by atoms with van der Waals surface area (Å²) in [5, 5.41) is 6.98. The van der Waals surface area contributed by atoms with E-state index in [-0.39, 0.29) is 5.82 Å². The fraction of sp³-hybridized carbons (Fsp3) is 0. The van der Waals surface area contributed by atoms with Gasteiger partial charge in [0.1, 0.15) is 12.0 Å². The molecule has 0 atom stereocenters. The Balaban J connectivity index is 2.86. The van der Waals surface area contributed by atoms with E-state index >= 15 is 0 Å². The van der Waals surface area contributed by atoms with Crippen molar-refractivity contribution in [3.8, 4) is 0 Å². The van der Waals surface area contributed by atoms with E-state index in [2.05, 4.69) is 16.4 Å². The molecule has 3 heteroatoms. The maximum atomic E-state index is 12.5. The zero-order chi connectivity index (χ0) is 6.97. The number of rotatable bonds is 0. The molecule has 1 heterocycles. The Morgan fingerprint density at radius 3 is 3.30 bits per heavy atom. The highest BCUT2D eigenvalue weighted by atomic mass is 19.1. The highest BCUT2D eigenvalue weighted by Gasteiger charge is 1.95. The predicted molar refractivity (Wildman–Crippen MR) is 34.9 cm³/mol. The topological polar surface area (TPSA) is 28.7 Å². The van der Waals surface area contributed by atoms with Gasteiger partial charge in [-0.05, 0) is 18.2 Å². The number of halogens is 1. The third-order valence-corrected chi connectivity index (χ3v) is 1.33. The first kappa shape index (κ1) is 5.41. The molecule has 0 fully saturated rings. The van der Waals surface area contributed by atoms with E-state index in [4.69, 9.17) is 0 Å². The molecule has 0 aliphatic carbocycles. The van der Waals surface area contributed by atoms with Crippen LogP contribution in [0.3, 0.4) is 0 Å². The van der Waals surface area contributed by atoms with Gasteiger partial charge in [-0.1, -0.05) is 0 Å². The zero-order valence-electron chi connectivity index (χ0n) is 5.06. The maximum Gasteiger partial charge on any atom is 0.124 e. The van der Waals surface area contributed by atoms with Gasteiger partial charge in [-0.25, -0.2) is 4.39 Å². The van der Waals surface area contributed by atoms with E-state index < -0.39 is 0 Å². The summed E-state index contributed by atoms with van der Waals surface area (Å²) >= 11 is 0. The fourth-order valence-electron chi connectivity index (χ4n) is 0.855. The molecule has 0 aliphatic rings. The minimum Gasteiger partial charge on any atom is -0.277 e. The van der Waals surface area contributed by atoms with Crippen LogP contribution >= 0.6 is 0 Å². The molecule has 2 rings (SSSR count). The second kappa shape index (κ2) is 1.80. The molecule has 2 nitrogen and oxygen atoms in total. The number of H-pyrrole nitrogens is 1. The summed E-state index contributed by atoms with van der Waals surface area (Å²) in [5.41, 5.74) is 0.807. The van der Waals surface area contributed by atoms with Crippen molar-refractivity contribution in [3.05, 3.63) is 30.2 Å². The van der Waals surface area contributed by atoms with Crippen LogP contribution in [-0.4, -0.2) is 10.2 Å². The van der Waals surface area contributed by atoms with Crippen LogP contribution < -0.4 is 0 Å². The van der Waals surface area contributed by atoms with Crippen LogP contribution in [-0.2, 0) is 0 Å². The number of benzene rings is 1. The molecular weight excluding hydrogens is 131 g/mol. The highest BCUT2D eigenvalue weighted by molar-refractivity contribution is 5.76. The van der Waals surface area contributed by atoms with Crippen LogP contribution in [0.25, 0.3) is 10.9 Å². The first-order valence-electron chi connectivity index (χ1n) is 2.87. The second-order valence-electron chi connectivity index (χ2n) is 2.03. The molecular formula is C7H4FN2. The quantitative estimate of drug-likeness (QED) is 0.582. The maximum absolute atomic E-state index is 12.5. The first-order valence-corrected chi connectivity index (χ1v) is 2.87. The Bertz CT molecular complexity index is 353. The Morgan fingerprint density at radius 1 is 1.50 bits per heavy atom. The standard InChI is InChI=1S/C7H4FN2/c8-6-1-2-7-5(3-6)4-9-10-7/h1-3H,(H,9,10). The van der Waals surface area contributed by atoms with E-state index in [0.29, 0.717) is 5.39 Å². The largest absolute Gasteiger partial charge is 0.277 e. The molecule has 2 aromatic rings. The molecule has 1 N–H and O–H groups in total. The van der Waals surface area contributed by atoms with Crippen molar-refractivity contribution >= 4 is 10.9 Å². The van der Waals surface area contributed by atoms with Gasteiger partial charge in [-0.2, -0.15) is 5.10 Å². The van der Waals surface area contributed by atoms with Crippen LogP contribution in [0, 0.1) is 12.0 Å². The molecule has 10 heavy (non-hydrogen) atoms. The van der Waals surface area contributed by atoms with Crippen molar-refractivity contribution < 1.29 is 4.39 Å². The molecule has 0 unspecified atom stereocenters. The average Bonchev–Trinajstić information content (AvgIpc) is 2.33. The fourth-order valence-corrected chi connectivity index (χ4v) is 0.855. The Morgan fingerprint density at radius 2 is 2.40 bits per heavy atom. The van der Waals surface area contributed by atoms with E-state index in [9.17, 15) is 4.39 Å². The minimum atomic E-state index is -0.259. The lowest BCUT2D eigenvalue weighted by molar-refractivity contribution is 0.629. The molecule has 1 aromatic heterocycles. The van der Waals surface area contributed by atoms with Gasteiger partial charge in [0, 0.05) is 5.39 Å². The lowest BCUT2D eigenvalue weighted by atomic mass is 10.2. The smallest absolute Gasteiger partial charge is 0.124 e. The Kier molecular flexibility index (Phi) is 0.974. The highest BCUT2D eigenvalue weighted by Crippen LogP contribution is 2.10. The van der Waals surface area contributed by atoms with Crippen molar-refractivity contribution in [2.24, 2.45) is 0 Å². The van der Waals surface area contributed by atoms with Gasteiger partial charge in [0.15, 0.2) is 0 Å². The van der Waals surface area contributed by atoms with Crippen LogP contribution in [0.1, 0.15) is 0 Å². The van der Waals surface area contributed by atoms with Crippen molar-refractivity contribution in [3.63, 3.8) is 0 Å². The summed E-state index contributed by atoms with van der Waals surface area (Å²) in [6, 6.07) is 4.40. The molecule has 0 spiro atoms. The van der Waals surface area contributed by atoms with Gasteiger partial charge >= 0.3 is 0 Å². The van der Waals surface area contributed by atoms with Crippen molar-refractivity contribution in [2.45, 2.75) is 0 Å². The van der Waals surface area contributed by atoms with E-state index in [1.807, 2.05) is 0 Å². The monoisotopic (exact) mass is 135 g/mol. The molecule has 49 valence electrons. The Labute approximate surface area is 56.7 Å². The van der Waals surface area contributed by atoms with E-state index in [0.717, 1.165) is 5.52 Å². The van der Waals surface area contributed by atoms with Gasteiger partial charge in [0.25, 0.3) is 0 Å². The third-order valence-electron chi connectivity index (χ3n) is 1.33. The zero-order valence-corrected chi connectivity index (χ0v) is 5.06. The SMILES string of the molecule is Fc1ccc2[nH]n[c]c2c1. The average molecular weight is 135 g/mol. The molecule has 1 radical (unpaired) electrons. The lowest BCUT2D eigenvalue weighted by Gasteiger charge is -1.85. The third kappa shape index (κ3) is 0.673. The van der Waals surface area contributed by atoms with Crippen molar-refractivity contribution in [1.29, 1.82) is 0 Å². The summed E-state index contributed by atoms with van der Waals surface area (Å²) < 4.78 is 12.5. The molecule has 0 amide bonds. The number of nitrogens with zero attached hydrogens (tertiary/aromatic N) is 1. The molecule has 0 saturated heterocycles. The summed E-state index contributed by atoms with van der Waals surface area (Å²) in [6.45, 7) is 0. The van der Waals surface area contributed by atoms with Gasteiger partial charge < -0.3 is 0 Å². The first-order chi connectivity index (χ1) is 4.86. The lowest BCUT2D eigenvalue weighted by Crippen LogP contribution is -1.71. The number of hydrogen-bond donors (Lipinski definition) is 1. The Hall–Kier alpha value is -1.38. The van der Waals surface area contributed by atoms with Gasteiger partial charge in [-0.3, -0.25) is 5.10 Å². The molecule has 1 aromatic carbocycles. The normalized spacial score (nSPS) is 10.5. The van der Waals surface area contributed by atoms with E-state index in [1.165, 1.54) is 12.1 Å². The van der Waals surface area contributed by atoms with Crippen LogP contribution in [0.15, 0.2) is 18.2 Å². The number of hydrogen-bond acceptors (Lipinski definition) is 1. The van der Waals surface area contributed by atoms with Gasteiger partial charge in [0.05, 0.1) is 5.52 Å².